The van der Waals surface area contributed by atoms with Crippen molar-refractivity contribution in [1.82, 2.24) is 9.44 Å². The van der Waals surface area contributed by atoms with Crippen molar-refractivity contribution in [1.29, 1.82) is 0 Å². The fraction of sp³-hybridized carbons (Fsp3) is 0.154. The van der Waals surface area contributed by atoms with Gasteiger partial charge in [-0.3, -0.25) is 0 Å². The van der Waals surface area contributed by atoms with Gasteiger partial charge in [-0.25, -0.2) is 16.8 Å². The largest absolute Gasteiger partial charge is 0.490 e. The molecule has 2 N–H and O–H groups in total. The first kappa shape index (κ1) is 44.9. The maximum atomic E-state index is 13.5. The lowest BCUT2D eigenvalue weighted by atomic mass is 9.99. The molecule has 0 amide bonds. The van der Waals surface area contributed by atoms with Crippen LogP contribution >= 0.6 is 22.7 Å². The van der Waals surface area contributed by atoms with Crippen LogP contribution in [-0.2, 0) is 20.0 Å². The molecule has 0 saturated heterocycles. The fourth-order valence-electron chi connectivity index (χ4n) is 7.83. The Bertz CT molecular complexity index is 3000. The van der Waals surface area contributed by atoms with E-state index in [9.17, 15) is 16.8 Å². The Morgan fingerprint density at radius 2 is 0.848 bits per heavy atom. The number of ether oxygens (including phenoxy) is 4. The van der Waals surface area contributed by atoms with Crippen LogP contribution in [0.5, 0.6) is 23.0 Å². The van der Waals surface area contributed by atoms with Gasteiger partial charge in [-0.1, -0.05) is 110 Å². The number of hydrogen-bond donors (Lipinski definition) is 2. The fourth-order valence-corrected chi connectivity index (χ4v) is 12.7. The average molecular weight is 955 g/mol. The molecule has 0 aliphatic carbocycles. The number of rotatable bonds is 12. The summed E-state index contributed by atoms with van der Waals surface area (Å²) in [4.78, 5) is 2.08. The van der Waals surface area contributed by atoms with Gasteiger partial charge in [0.2, 0.25) is 20.0 Å². The van der Waals surface area contributed by atoms with Crippen molar-refractivity contribution in [3.05, 3.63) is 191 Å². The molecule has 0 bridgehead atoms. The third-order valence-electron chi connectivity index (χ3n) is 11.1. The van der Waals surface area contributed by atoms with E-state index in [-0.39, 0.29) is 9.79 Å². The second kappa shape index (κ2) is 19.7. The molecule has 0 radical (unpaired) electrons. The zero-order valence-corrected chi connectivity index (χ0v) is 39.0. The summed E-state index contributed by atoms with van der Waals surface area (Å²) in [7, 11) is -7.75. The highest BCUT2D eigenvalue weighted by atomic mass is 32.2. The van der Waals surface area contributed by atoms with Crippen LogP contribution in [0.15, 0.2) is 169 Å². The van der Waals surface area contributed by atoms with Crippen molar-refractivity contribution in [3.63, 3.8) is 0 Å². The second-order valence-electron chi connectivity index (χ2n) is 15.5. The molecule has 10 rings (SSSR count). The van der Waals surface area contributed by atoms with Gasteiger partial charge in [-0.05, 0) is 81.6 Å². The van der Waals surface area contributed by atoms with E-state index in [1.165, 1.54) is 12.1 Å². The van der Waals surface area contributed by atoms with Gasteiger partial charge in [0.25, 0.3) is 0 Å². The van der Waals surface area contributed by atoms with Gasteiger partial charge < -0.3 is 18.9 Å². The van der Waals surface area contributed by atoms with E-state index in [2.05, 4.69) is 22.6 Å². The smallest absolute Gasteiger partial charge is 0.241 e. The molecule has 2 aromatic heterocycles. The topological polar surface area (TPSA) is 129 Å². The molecule has 0 fully saturated rings. The van der Waals surface area contributed by atoms with Crippen LogP contribution in [0, 0.1) is 0 Å². The zero-order valence-electron chi connectivity index (χ0n) is 35.7. The van der Waals surface area contributed by atoms with Crippen LogP contribution in [-0.4, -0.2) is 43.3 Å². The molecule has 2 atom stereocenters. The SMILES string of the molecule is C=Cc1ccccc1C(NS(=O)(=O)c1ccc2c(c1)OCCCO2)c1cc2ccccc2s1.C=Cc1ccccc1C(NS(=O)(=O)c1ccc2c(c1)OCCCO2)c1cc2ccccc2s1. The molecule has 336 valence electrons. The second-order valence-corrected chi connectivity index (χ2v) is 21.1. The quantitative estimate of drug-likeness (QED) is 0.124. The summed E-state index contributed by atoms with van der Waals surface area (Å²) in [5.74, 6) is 2.01. The number of hydrogen-bond acceptors (Lipinski definition) is 10. The molecular formula is C52H46N2O8S4. The Balaban J connectivity index is 0.000000166. The number of thiophene rings is 2. The van der Waals surface area contributed by atoms with Crippen molar-refractivity contribution in [2.24, 2.45) is 0 Å². The number of sulfonamides is 2. The molecule has 0 spiro atoms. The average Bonchev–Trinajstić information content (AvgIpc) is 3.80. The molecule has 2 aliphatic rings. The summed E-state index contributed by atoms with van der Waals surface area (Å²) >= 11 is 3.15. The number of nitrogens with one attached hydrogen (secondary N) is 2. The van der Waals surface area contributed by atoms with Crippen molar-refractivity contribution in [2.45, 2.75) is 34.7 Å². The van der Waals surface area contributed by atoms with Crippen LogP contribution in [0.1, 0.15) is 56.9 Å². The zero-order chi connectivity index (χ0) is 45.7. The predicted molar refractivity (Wildman–Crippen MR) is 265 cm³/mol. The third kappa shape index (κ3) is 9.80. The number of benzene rings is 6. The van der Waals surface area contributed by atoms with Crippen molar-refractivity contribution in [2.75, 3.05) is 26.4 Å². The van der Waals surface area contributed by atoms with Crippen molar-refractivity contribution >= 4 is 75.0 Å². The van der Waals surface area contributed by atoms with Crippen LogP contribution in [0.25, 0.3) is 32.3 Å². The minimum absolute atomic E-state index is 0.133. The van der Waals surface area contributed by atoms with E-state index in [1.807, 2.05) is 109 Å². The third-order valence-corrected chi connectivity index (χ3v) is 16.3. The maximum Gasteiger partial charge on any atom is 0.241 e. The van der Waals surface area contributed by atoms with E-state index in [0.29, 0.717) is 49.4 Å². The van der Waals surface area contributed by atoms with Gasteiger partial charge in [-0.15, -0.1) is 22.7 Å². The molecule has 2 aliphatic heterocycles. The van der Waals surface area contributed by atoms with Crippen LogP contribution < -0.4 is 28.4 Å². The lowest BCUT2D eigenvalue weighted by Gasteiger charge is -2.20. The first-order valence-corrected chi connectivity index (χ1v) is 25.9. The van der Waals surface area contributed by atoms with Gasteiger partial charge in [0, 0.05) is 44.1 Å². The molecule has 66 heavy (non-hydrogen) atoms. The van der Waals surface area contributed by atoms with E-state index in [4.69, 9.17) is 18.9 Å². The molecule has 0 saturated carbocycles. The van der Waals surface area contributed by atoms with Crippen molar-refractivity contribution < 1.29 is 35.8 Å². The Morgan fingerprint density at radius 1 is 0.470 bits per heavy atom. The lowest BCUT2D eigenvalue weighted by Crippen LogP contribution is -2.29. The first-order chi connectivity index (χ1) is 32.1. The molecule has 10 nitrogen and oxygen atoms in total. The normalized spacial score (nSPS) is 14.5. The Kier molecular flexibility index (Phi) is 13.4. The summed E-state index contributed by atoms with van der Waals surface area (Å²) in [6.45, 7) is 9.90. The van der Waals surface area contributed by atoms with E-state index >= 15 is 0 Å². The molecule has 4 heterocycles. The van der Waals surface area contributed by atoms with E-state index in [0.717, 1.165) is 65.0 Å². The molecule has 2 unspecified atom stereocenters. The highest BCUT2D eigenvalue weighted by molar-refractivity contribution is 7.89. The molecule has 8 aromatic rings. The molecule has 14 heteroatoms. The summed E-state index contributed by atoms with van der Waals surface area (Å²) in [6.07, 6.45) is 5.00. The van der Waals surface area contributed by atoms with Gasteiger partial charge in [0.05, 0.1) is 48.3 Å². The van der Waals surface area contributed by atoms with Crippen LogP contribution in [0.3, 0.4) is 0 Å². The Hall–Kier alpha value is -6.26. The summed E-state index contributed by atoms with van der Waals surface area (Å²) in [5.41, 5.74) is 3.44. The standard InChI is InChI=1S/2C26H23NO4S2/c2*1-2-18-8-3-5-10-21(18)26(25-16-19-9-4-6-11-24(19)32-25)27-33(28,29)20-12-13-22-23(17-20)31-15-7-14-30-22/h2*2-6,8-13,16-17,26-27H,1,7,14-15H2. The number of fused-ring (bicyclic) bond motifs is 4. The molecule has 6 aromatic carbocycles. The summed E-state index contributed by atoms with van der Waals surface area (Å²) in [5, 5.41) is 2.15. The van der Waals surface area contributed by atoms with Gasteiger partial charge >= 0.3 is 0 Å². The maximum absolute atomic E-state index is 13.5. The van der Waals surface area contributed by atoms with Crippen molar-refractivity contribution in [3.8, 4) is 23.0 Å². The van der Waals surface area contributed by atoms with E-state index < -0.39 is 32.1 Å². The Morgan fingerprint density at radius 3 is 1.26 bits per heavy atom. The monoisotopic (exact) mass is 954 g/mol. The minimum atomic E-state index is -3.88. The van der Waals surface area contributed by atoms with Gasteiger partial charge in [0.1, 0.15) is 0 Å². The highest BCUT2D eigenvalue weighted by Crippen LogP contribution is 2.39. The van der Waals surface area contributed by atoms with Crippen LogP contribution in [0.2, 0.25) is 0 Å². The summed E-state index contributed by atoms with van der Waals surface area (Å²) < 4.78 is 85.0. The minimum Gasteiger partial charge on any atom is -0.490 e. The highest BCUT2D eigenvalue weighted by Gasteiger charge is 2.29. The summed E-state index contributed by atoms with van der Waals surface area (Å²) in [6, 6.07) is 43.9. The van der Waals surface area contributed by atoms with Gasteiger partial charge in [-0.2, -0.15) is 9.44 Å². The van der Waals surface area contributed by atoms with E-state index in [1.54, 1.807) is 59.1 Å². The van der Waals surface area contributed by atoms with Gasteiger partial charge in [0.15, 0.2) is 23.0 Å². The Labute approximate surface area is 392 Å². The van der Waals surface area contributed by atoms with Crippen LogP contribution in [0.4, 0.5) is 0 Å². The predicted octanol–water partition coefficient (Wildman–Crippen LogP) is 11.5. The first-order valence-electron chi connectivity index (χ1n) is 21.3. The molecular weight excluding hydrogens is 909 g/mol. The lowest BCUT2D eigenvalue weighted by molar-refractivity contribution is 0.296.